The van der Waals surface area contributed by atoms with E-state index in [1.165, 1.54) is 12.3 Å². The van der Waals surface area contributed by atoms with Crippen molar-refractivity contribution in [2.45, 2.75) is 18.1 Å². The maximum absolute atomic E-state index is 14.2. The Hall–Kier alpha value is -1.80. The molecule has 4 N–H and O–H groups in total. The van der Waals surface area contributed by atoms with E-state index in [1.807, 2.05) is 0 Å². The van der Waals surface area contributed by atoms with Crippen LogP contribution in [0.1, 0.15) is 12.5 Å². The number of nitrogen functional groups attached to an aromatic ring is 1. The summed E-state index contributed by atoms with van der Waals surface area (Å²) in [5.41, 5.74) is 3.04. The Balaban J connectivity index is 2.28. The minimum absolute atomic E-state index is 0.0384. The van der Waals surface area contributed by atoms with Crippen LogP contribution in [0.15, 0.2) is 41.6 Å². The Kier molecular flexibility index (Phi) is 4.35. The minimum Gasteiger partial charge on any atom is -0.383 e. The molecule has 120 valence electrons. The third-order valence-corrected chi connectivity index (χ3v) is 3.75. The van der Waals surface area contributed by atoms with Crippen molar-refractivity contribution in [3.05, 3.63) is 47.3 Å². The Labute approximate surface area is 124 Å². The van der Waals surface area contributed by atoms with Crippen LogP contribution in [-0.2, 0) is 9.30 Å². The molecule has 0 aromatic carbocycles. The van der Waals surface area contributed by atoms with Gasteiger partial charge in [0.25, 0.3) is 0 Å². The molecule has 1 unspecified atom stereocenters. The topological polar surface area (TPSA) is 128 Å². The first-order valence-electron chi connectivity index (χ1n) is 6.21. The predicted molar refractivity (Wildman–Crippen MR) is 76.7 cm³/mol. The van der Waals surface area contributed by atoms with Crippen LogP contribution in [0, 0.1) is 0 Å². The van der Waals surface area contributed by atoms with Crippen molar-refractivity contribution < 1.29 is 23.5 Å². The van der Waals surface area contributed by atoms with Crippen LogP contribution in [0.25, 0.3) is 0 Å². The molecule has 0 saturated carbocycles. The summed E-state index contributed by atoms with van der Waals surface area (Å²) in [5.74, 6) is -0.735. The van der Waals surface area contributed by atoms with Gasteiger partial charge >= 0.3 is 13.3 Å². The lowest BCUT2D eigenvalue weighted by molar-refractivity contribution is 0.0207. The van der Waals surface area contributed by atoms with Gasteiger partial charge in [0, 0.05) is 12.6 Å². The molecule has 2 rings (SSSR count). The molecular weight excluding hydrogens is 316 g/mol. The second kappa shape index (κ2) is 5.77. The van der Waals surface area contributed by atoms with Gasteiger partial charge in [-0.2, -0.15) is 4.98 Å². The number of hydrogen-bond donors (Lipinski definition) is 3. The molecule has 1 aliphatic carbocycles. The summed E-state index contributed by atoms with van der Waals surface area (Å²) in [6, 6.07) is 0.660. The Morgan fingerprint density at radius 1 is 1.68 bits per heavy atom. The van der Waals surface area contributed by atoms with Gasteiger partial charge in [-0.3, -0.25) is 9.13 Å². The monoisotopic (exact) mass is 331 g/mol. The van der Waals surface area contributed by atoms with Crippen LogP contribution in [0.3, 0.4) is 0 Å². The number of hydrogen-bond acceptors (Lipinski definition) is 5. The number of allylic oxidation sites excluding steroid dienone is 1. The Bertz CT molecular complexity index is 728. The van der Waals surface area contributed by atoms with Crippen LogP contribution in [-0.4, -0.2) is 31.3 Å². The lowest BCUT2D eigenvalue weighted by Crippen LogP contribution is -2.32. The van der Waals surface area contributed by atoms with Gasteiger partial charge in [-0.05, 0) is 12.1 Å². The lowest BCUT2D eigenvalue weighted by Gasteiger charge is -2.26. The summed E-state index contributed by atoms with van der Waals surface area (Å²) in [4.78, 5) is 33.0. The maximum atomic E-state index is 14.2. The normalized spacial score (nSPS) is 25.0. The molecule has 1 aromatic rings. The van der Waals surface area contributed by atoms with Gasteiger partial charge in [-0.1, -0.05) is 12.7 Å². The van der Waals surface area contributed by atoms with E-state index in [-0.39, 0.29) is 12.2 Å². The van der Waals surface area contributed by atoms with Crippen LogP contribution in [0.2, 0.25) is 0 Å². The highest BCUT2D eigenvalue weighted by Gasteiger charge is 2.43. The molecule has 2 atom stereocenters. The zero-order chi connectivity index (χ0) is 16.5. The zero-order valence-electron chi connectivity index (χ0n) is 11.4. The molecule has 1 aliphatic rings. The van der Waals surface area contributed by atoms with Crippen molar-refractivity contribution in [3.63, 3.8) is 0 Å². The molecule has 10 heteroatoms. The molecule has 0 radical (unpaired) electrons. The second-order valence-corrected chi connectivity index (χ2v) is 6.45. The van der Waals surface area contributed by atoms with E-state index in [1.54, 1.807) is 0 Å². The highest BCUT2D eigenvalue weighted by atomic mass is 31.2. The first kappa shape index (κ1) is 16.6. The molecule has 0 fully saturated rings. The van der Waals surface area contributed by atoms with Crippen molar-refractivity contribution in [1.29, 1.82) is 0 Å². The minimum atomic E-state index is -4.47. The van der Waals surface area contributed by atoms with Crippen molar-refractivity contribution in [2.75, 3.05) is 12.1 Å². The second-order valence-electron chi connectivity index (χ2n) is 4.86. The molecule has 1 aromatic heterocycles. The molecule has 0 saturated heterocycles. The van der Waals surface area contributed by atoms with Crippen molar-refractivity contribution in [2.24, 2.45) is 0 Å². The first-order chi connectivity index (χ1) is 10.2. The predicted octanol–water partition coefficient (Wildman–Crippen LogP) is 0.700. The molecule has 0 bridgehead atoms. The van der Waals surface area contributed by atoms with Crippen LogP contribution in [0.5, 0.6) is 0 Å². The number of anilines is 1. The fourth-order valence-electron chi connectivity index (χ4n) is 2.20. The third-order valence-electron chi connectivity index (χ3n) is 3.28. The molecule has 8 nitrogen and oxygen atoms in total. The van der Waals surface area contributed by atoms with E-state index in [0.29, 0.717) is 0 Å². The van der Waals surface area contributed by atoms with Gasteiger partial charge in [-0.25, -0.2) is 9.18 Å². The molecular formula is C12H15FN3O5P. The summed E-state index contributed by atoms with van der Waals surface area (Å²) in [5, 5.41) is 0. The fraction of sp³-hybridized carbons (Fsp3) is 0.333. The van der Waals surface area contributed by atoms with Gasteiger partial charge in [0.05, 0.1) is 6.04 Å². The van der Waals surface area contributed by atoms with E-state index in [2.05, 4.69) is 11.6 Å². The standard InChI is InChI=1S/C12H15FN3O5P/c1-2-12(21-7-22(18,19)20)6-8(5-9(12)13)16-4-3-10(14)15-11(16)17/h2-5,8H,1,6-7H2,(H2,14,15,17)(H2,18,19,20)/t8?,12-/m0/s1. The smallest absolute Gasteiger partial charge is 0.351 e. The zero-order valence-corrected chi connectivity index (χ0v) is 12.3. The molecule has 22 heavy (non-hydrogen) atoms. The molecule has 1 heterocycles. The number of ether oxygens (including phenoxy) is 1. The van der Waals surface area contributed by atoms with Crippen LogP contribution in [0.4, 0.5) is 10.2 Å². The van der Waals surface area contributed by atoms with E-state index >= 15 is 0 Å². The summed E-state index contributed by atoms with van der Waals surface area (Å²) in [6.07, 6.45) is 2.57. The van der Waals surface area contributed by atoms with Gasteiger partial charge in [0.15, 0.2) is 0 Å². The Morgan fingerprint density at radius 3 is 2.91 bits per heavy atom. The fourth-order valence-corrected chi connectivity index (χ4v) is 2.60. The van der Waals surface area contributed by atoms with Crippen LogP contribution >= 0.6 is 7.60 Å². The average molecular weight is 331 g/mol. The highest BCUT2D eigenvalue weighted by Crippen LogP contribution is 2.44. The van der Waals surface area contributed by atoms with E-state index in [9.17, 15) is 13.8 Å². The highest BCUT2D eigenvalue weighted by molar-refractivity contribution is 7.51. The molecule has 0 spiro atoms. The van der Waals surface area contributed by atoms with Crippen molar-refractivity contribution >= 4 is 13.4 Å². The summed E-state index contributed by atoms with van der Waals surface area (Å²) >= 11 is 0. The molecule has 0 aliphatic heterocycles. The lowest BCUT2D eigenvalue weighted by atomic mass is 10.0. The number of nitrogens with zero attached hydrogens (tertiary/aromatic N) is 2. The number of halogens is 1. The van der Waals surface area contributed by atoms with Gasteiger partial charge in [0.2, 0.25) is 0 Å². The Morgan fingerprint density at radius 2 is 2.36 bits per heavy atom. The summed E-state index contributed by atoms with van der Waals surface area (Å²) in [6.45, 7) is 3.45. The third kappa shape index (κ3) is 3.33. The van der Waals surface area contributed by atoms with Gasteiger partial charge in [0.1, 0.15) is 23.6 Å². The number of rotatable bonds is 5. The van der Waals surface area contributed by atoms with E-state index in [0.717, 1.165) is 16.7 Å². The van der Waals surface area contributed by atoms with Crippen molar-refractivity contribution in [1.82, 2.24) is 9.55 Å². The first-order valence-corrected chi connectivity index (χ1v) is 8.01. The average Bonchev–Trinajstić information content (AvgIpc) is 2.73. The summed E-state index contributed by atoms with van der Waals surface area (Å²) < 4.78 is 31.3. The number of nitrogens with two attached hydrogens (primary N) is 1. The largest absolute Gasteiger partial charge is 0.383 e. The quantitative estimate of drug-likeness (QED) is 0.535. The van der Waals surface area contributed by atoms with Crippen molar-refractivity contribution in [3.8, 4) is 0 Å². The van der Waals surface area contributed by atoms with Crippen LogP contribution < -0.4 is 11.4 Å². The SMILES string of the molecule is C=C[C@]1(OCP(=O)(O)O)CC(n2ccc(N)nc2=O)C=C1F. The maximum Gasteiger partial charge on any atom is 0.351 e. The van der Waals surface area contributed by atoms with Gasteiger partial charge in [-0.15, -0.1) is 0 Å². The van der Waals surface area contributed by atoms with E-state index in [4.69, 9.17) is 20.3 Å². The van der Waals surface area contributed by atoms with E-state index < -0.39 is 37.1 Å². The van der Waals surface area contributed by atoms with Gasteiger partial charge < -0.3 is 20.3 Å². The molecule has 0 amide bonds. The number of aromatic nitrogens is 2. The summed E-state index contributed by atoms with van der Waals surface area (Å²) in [7, 11) is -4.47.